The van der Waals surface area contributed by atoms with Crippen LogP contribution in [0.3, 0.4) is 0 Å². The topological polar surface area (TPSA) is 3.24 Å². The Morgan fingerprint density at radius 3 is 1.62 bits per heavy atom. The second-order valence-electron chi connectivity index (χ2n) is 7.78. The average molecular weight is 382 g/mol. The largest absolute Gasteiger partial charge is 0.306 e. The van der Waals surface area contributed by atoms with Crippen LogP contribution in [0.15, 0.2) is 30.3 Å². The normalized spacial score (nSPS) is 10.9. The summed E-state index contributed by atoms with van der Waals surface area (Å²) in [5, 5.41) is 0. The lowest BCUT2D eigenvalue weighted by atomic mass is 10.0. The summed E-state index contributed by atoms with van der Waals surface area (Å²) < 4.78 is 0. The molecule has 0 aliphatic rings. The van der Waals surface area contributed by atoms with Crippen LogP contribution in [0.4, 0.5) is 0 Å². The van der Waals surface area contributed by atoms with Gasteiger partial charge in [0.05, 0.1) is 0 Å². The van der Waals surface area contributed by atoms with Gasteiger partial charge < -0.3 is 4.90 Å². The number of unbranched alkanes of at least 4 members (excludes halogenated alkanes) is 11. The number of aryl methyl sites for hydroxylation is 1. The number of hydrogen-bond acceptors (Lipinski definition) is 1. The molecule has 1 rings (SSSR count). The van der Waals surface area contributed by atoms with Crippen molar-refractivity contribution in [3.63, 3.8) is 0 Å². The van der Waals surface area contributed by atoms with E-state index in [-0.39, 0.29) is 12.4 Å². The average Bonchev–Trinajstić information content (AvgIpc) is 2.64. The Labute approximate surface area is 170 Å². The summed E-state index contributed by atoms with van der Waals surface area (Å²) in [4.78, 5) is 2.53. The van der Waals surface area contributed by atoms with Gasteiger partial charge >= 0.3 is 0 Å². The maximum Gasteiger partial charge on any atom is -0.00218 e. The number of benzene rings is 1. The molecule has 1 aromatic carbocycles. The number of rotatable bonds is 17. The van der Waals surface area contributed by atoms with Crippen molar-refractivity contribution in [1.82, 2.24) is 4.90 Å². The summed E-state index contributed by atoms with van der Waals surface area (Å²) in [5.41, 5.74) is 1.50. The van der Waals surface area contributed by atoms with Gasteiger partial charge in [-0.05, 0) is 51.4 Å². The van der Waals surface area contributed by atoms with E-state index in [2.05, 4.69) is 49.2 Å². The van der Waals surface area contributed by atoms with Crippen LogP contribution < -0.4 is 0 Å². The molecule has 0 unspecified atom stereocenters. The monoisotopic (exact) mass is 381 g/mol. The van der Waals surface area contributed by atoms with Gasteiger partial charge in [-0.3, -0.25) is 0 Å². The number of hydrogen-bond donors (Lipinski definition) is 0. The predicted octanol–water partition coefficient (Wildman–Crippen LogP) is 7.67. The SMILES string of the molecule is CCCCCCN(C)CCCCCCCCCCCc1ccccc1.Cl. The van der Waals surface area contributed by atoms with Crippen LogP contribution in [0.1, 0.15) is 96.0 Å². The molecule has 0 aliphatic heterocycles. The first kappa shape index (κ1) is 25.5. The van der Waals surface area contributed by atoms with Crippen LogP contribution in [0.25, 0.3) is 0 Å². The van der Waals surface area contributed by atoms with Crippen molar-refractivity contribution < 1.29 is 0 Å². The minimum Gasteiger partial charge on any atom is -0.306 e. The molecule has 152 valence electrons. The van der Waals surface area contributed by atoms with Gasteiger partial charge in [0.15, 0.2) is 0 Å². The first-order valence-electron chi connectivity index (χ1n) is 11.1. The minimum absolute atomic E-state index is 0. The number of halogens is 1. The molecule has 0 heterocycles. The lowest BCUT2D eigenvalue weighted by Crippen LogP contribution is -2.20. The van der Waals surface area contributed by atoms with Crippen LogP contribution in [0, 0.1) is 0 Å². The third-order valence-corrected chi connectivity index (χ3v) is 5.24. The zero-order valence-corrected chi connectivity index (χ0v) is 18.4. The van der Waals surface area contributed by atoms with Crippen molar-refractivity contribution in [2.45, 2.75) is 96.8 Å². The molecule has 0 N–H and O–H groups in total. The van der Waals surface area contributed by atoms with Crippen LogP contribution in [0.2, 0.25) is 0 Å². The molecule has 0 atom stereocenters. The fraction of sp³-hybridized carbons (Fsp3) is 0.750. The molecule has 0 aromatic heterocycles. The highest BCUT2D eigenvalue weighted by atomic mass is 35.5. The van der Waals surface area contributed by atoms with Gasteiger partial charge in [0.1, 0.15) is 0 Å². The van der Waals surface area contributed by atoms with Crippen LogP contribution in [-0.4, -0.2) is 25.0 Å². The highest BCUT2D eigenvalue weighted by Crippen LogP contribution is 2.12. The molecular formula is C24H44ClN. The van der Waals surface area contributed by atoms with Crippen molar-refractivity contribution in [1.29, 1.82) is 0 Å². The zero-order chi connectivity index (χ0) is 18.0. The van der Waals surface area contributed by atoms with Crippen LogP contribution >= 0.6 is 12.4 Å². The third-order valence-electron chi connectivity index (χ3n) is 5.24. The van der Waals surface area contributed by atoms with E-state index in [9.17, 15) is 0 Å². The first-order valence-corrected chi connectivity index (χ1v) is 11.1. The molecule has 0 saturated carbocycles. The Hall–Kier alpha value is -0.530. The fourth-order valence-corrected chi connectivity index (χ4v) is 3.51. The summed E-state index contributed by atoms with van der Waals surface area (Å²) in [6.07, 6.45) is 19.6. The predicted molar refractivity (Wildman–Crippen MR) is 121 cm³/mol. The van der Waals surface area contributed by atoms with Crippen molar-refractivity contribution in [3.05, 3.63) is 35.9 Å². The van der Waals surface area contributed by atoms with Gasteiger partial charge in [0.2, 0.25) is 0 Å². The molecule has 26 heavy (non-hydrogen) atoms. The van der Waals surface area contributed by atoms with Gasteiger partial charge in [-0.1, -0.05) is 101 Å². The standard InChI is InChI=1S/C24H43N.ClH/c1-3-4-5-17-22-25(2)23-18-12-10-8-6-7-9-11-14-19-24-20-15-13-16-21-24;/h13,15-16,20-21H,3-12,14,17-19,22-23H2,1-2H3;1H. The second-order valence-corrected chi connectivity index (χ2v) is 7.78. The molecular weight excluding hydrogens is 338 g/mol. The molecule has 1 nitrogen and oxygen atoms in total. The van der Waals surface area contributed by atoms with E-state index in [1.54, 1.807) is 0 Å². The van der Waals surface area contributed by atoms with E-state index in [4.69, 9.17) is 0 Å². The highest BCUT2D eigenvalue weighted by molar-refractivity contribution is 5.85. The van der Waals surface area contributed by atoms with Crippen molar-refractivity contribution in [3.8, 4) is 0 Å². The smallest absolute Gasteiger partial charge is 0.00218 e. The van der Waals surface area contributed by atoms with Gasteiger partial charge in [-0.15, -0.1) is 12.4 Å². The Morgan fingerprint density at radius 2 is 1.08 bits per heavy atom. The van der Waals surface area contributed by atoms with Gasteiger partial charge in [0, 0.05) is 0 Å². The molecule has 0 aliphatic carbocycles. The van der Waals surface area contributed by atoms with Gasteiger partial charge in [0.25, 0.3) is 0 Å². The van der Waals surface area contributed by atoms with Crippen molar-refractivity contribution in [2.24, 2.45) is 0 Å². The molecule has 0 radical (unpaired) electrons. The first-order chi connectivity index (χ1) is 12.3. The molecule has 0 spiro atoms. The van der Waals surface area contributed by atoms with Crippen LogP contribution in [-0.2, 0) is 6.42 Å². The molecule has 0 amide bonds. The summed E-state index contributed by atoms with van der Waals surface area (Å²) in [6.45, 7) is 4.88. The Morgan fingerprint density at radius 1 is 0.615 bits per heavy atom. The summed E-state index contributed by atoms with van der Waals surface area (Å²) >= 11 is 0. The molecule has 0 saturated heterocycles. The summed E-state index contributed by atoms with van der Waals surface area (Å²) in [5.74, 6) is 0. The molecule has 2 heteroatoms. The lowest BCUT2D eigenvalue weighted by molar-refractivity contribution is 0.314. The van der Waals surface area contributed by atoms with E-state index in [1.165, 1.54) is 109 Å². The molecule has 0 fully saturated rings. The van der Waals surface area contributed by atoms with E-state index in [1.807, 2.05) is 0 Å². The summed E-state index contributed by atoms with van der Waals surface area (Å²) in [7, 11) is 2.29. The maximum absolute atomic E-state index is 2.53. The van der Waals surface area contributed by atoms with Gasteiger partial charge in [-0.25, -0.2) is 0 Å². The number of nitrogens with zero attached hydrogens (tertiary/aromatic N) is 1. The lowest BCUT2D eigenvalue weighted by Gasteiger charge is -2.16. The van der Waals surface area contributed by atoms with E-state index in [0.29, 0.717) is 0 Å². The maximum atomic E-state index is 2.53. The summed E-state index contributed by atoms with van der Waals surface area (Å²) in [6, 6.07) is 10.9. The fourth-order valence-electron chi connectivity index (χ4n) is 3.51. The van der Waals surface area contributed by atoms with E-state index >= 15 is 0 Å². The van der Waals surface area contributed by atoms with Crippen molar-refractivity contribution in [2.75, 3.05) is 20.1 Å². The Balaban J connectivity index is 0.00000625. The third kappa shape index (κ3) is 15.7. The van der Waals surface area contributed by atoms with Crippen LogP contribution in [0.5, 0.6) is 0 Å². The van der Waals surface area contributed by atoms with E-state index in [0.717, 1.165) is 0 Å². The Bertz CT molecular complexity index is 379. The zero-order valence-electron chi connectivity index (χ0n) is 17.6. The molecule has 0 bridgehead atoms. The highest BCUT2D eigenvalue weighted by Gasteiger charge is 1.98. The quantitative estimate of drug-likeness (QED) is 0.250. The Kier molecular flexibility index (Phi) is 18.8. The van der Waals surface area contributed by atoms with E-state index < -0.39 is 0 Å². The minimum atomic E-state index is 0. The second kappa shape index (κ2) is 19.2. The van der Waals surface area contributed by atoms with Gasteiger partial charge in [-0.2, -0.15) is 0 Å². The molecule has 1 aromatic rings. The van der Waals surface area contributed by atoms with Crippen molar-refractivity contribution >= 4 is 12.4 Å².